The summed E-state index contributed by atoms with van der Waals surface area (Å²) in [6, 6.07) is 8.33. The Morgan fingerprint density at radius 2 is 2.04 bits per heavy atom. The monoisotopic (exact) mass is 319 g/mol. The topological polar surface area (TPSA) is 44.8 Å². The Morgan fingerprint density at radius 3 is 2.74 bits per heavy atom. The van der Waals surface area contributed by atoms with Crippen molar-refractivity contribution in [2.75, 3.05) is 46.4 Å². The first-order chi connectivity index (χ1) is 11.2. The molecular formula is C18H29N3O2. The number of benzene rings is 1. The van der Waals surface area contributed by atoms with Crippen LogP contribution in [-0.2, 0) is 6.42 Å². The van der Waals surface area contributed by atoms with Gasteiger partial charge in [0.05, 0.1) is 7.11 Å². The van der Waals surface area contributed by atoms with E-state index in [-0.39, 0.29) is 6.03 Å². The van der Waals surface area contributed by atoms with Crippen LogP contribution in [0.5, 0.6) is 5.75 Å². The van der Waals surface area contributed by atoms with Crippen molar-refractivity contribution in [3.8, 4) is 5.75 Å². The van der Waals surface area contributed by atoms with Crippen LogP contribution in [0.15, 0.2) is 24.3 Å². The number of hydrogen-bond acceptors (Lipinski definition) is 3. The van der Waals surface area contributed by atoms with Gasteiger partial charge in [0, 0.05) is 39.3 Å². The molecule has 2 rings (SSSR count). The van der Waals surface area contributed by atoms with Crippen molar-refractivity contribution < 1.29 is 9.53 Å². The number of unbranched alkanes of at least 4 members (excludes halogenated alkanes) is 1. The maximum atomic E-state index is 12.0. The number of rotatable bonds is 7. The molecule has 0 radical (unpaired) electrons. The first kappa shape index (κ1) is 17.6. The summed E-state index contributed by atoms with van der Waals surface area (Å²) in [4.78, 5) is 16.4. The zero-order valence-corrected chi connectivity index (χ0v) is 14.4. The summed E-state index contributed by atoms with van der Waals surface area (Å²) in [5, 5.41) is 2.99. The van der Waals surface area contributed by atoms with E-state index in [0.717, 1.165) is 64.3 Å². The summed E-state index contributed by atoms with van der Waals surface area (Å²) < 4.78 is 5.26. The van der Waals surface area contributed by atoms with Crippen LogP contribution in [0.25, 0.3) is 0 Å². The second-order valence-electron chi connectivity index (χ2n) is 6.02. The molecule has 23 heavy (non-hydrogen) atoms. The van der Waals surface area contributed by atoms with Crippen molar-refractivity contribution in [3.63, 3.8) is 0 Å². The number of hydrogen-bond donors (Lipinski definition) is 1. The van der Waals surface area contributed by atoms with Crippen LogP contribution in [0.3, 0.4) is 0 Å². The molecular weight excluding hydrogens is 290 g/mol. The highest BCUT2D eigenvalue weighted by atomic mass is 16.5. The van der Waals surface area contributed by atoms with Gasteiger partial charge in [-0.15, -0.1) is 0 Å². The third-order valence-electron chi connectivity index (χ3n) is 4.32. The average Bonchev–Trinajstić information content (AvgIpc) is 2.60. The molecule has 1 heterocycles. The maximum Gasteiger partial charge on any atom is 0.317 e. The zero-order chi connectivity index (χ0) is 16.5. The summed E-state index contributed by atoms with van der Waals surface area (Å²) in [5.74, 6) is 0.913. The Labute approximate surface area is 139 Å². The van der Waals surface area contributed by atoms with Crippen molar-refractivity contribution in [3.05, 3.63) is 29.8 Å². The van der Waals surface area contributed by atoms with Gasteiger partial charge < -0.3 is 15.0 Å². The predicted molar refractivity (Wildman–Crippen MR) is 93.0 cm³/mol. The second-order valence-corrected chi connectivity index (χ2v) is 6.02. The van der Waals surface area contributed by atoms with Gasteiger partial charge in [0.2, 0.25) is 0 Å². The molecule has 1 aliphatic heterocycles. The lowest BCUT2D eigenvalue weighted by atomic mass is 10.1. The standard InChI is InChI=1S/C18H29N3O2/c1-3-4-9-19-18(22)21-13-11-20(12-14-21)10-8-16-6-5-7-17(15-16)23-2/h5-7,15H,3-4,8-14H2,1-2H3,(H,19,22). The molecule has 1 saturated heterocycles. The molecule has 0 aliphatic carbocycles. The lowest BCUT2D eigenvalue weighted by Crippen LogP contribution is -2.52. The normalized spacial score (nSPS) is 15.5. The molecule has 5 heteroatoms. The fourth-order valence-electron chi connectivity index (χ4n) is 2.77. The Morgan fingerprint density at radius 1 is 1.26 bits per heavy atom. The van der Waals surface area contributed by atoms with E-state index in [4.69, 9.17) is 4.74 Å². The molecule has 1 aliphatic rings. The SMILES string of the molecule is CCCCNC(=O)N1CCN(CCc2cccc(OC)c2)CC1. The van der Waals surface area contributed by atoms with Crippen molar-refractivity contribution in [1.29, 1.82) is 0 Å². The highest BCUT2D eigenvalue weighted by Gasteiger charge is 2.20. The minimum absolute atomic E-state index is 0.0888. The number of nitrogens with zero attached hydrogens (tertiary/aromatic N) is 2. The summed E-state index contributed by atoms with van der Waals surface area (Å²) in [5.41, 5.74) is 1.30. The van der Waals surface area contributed by atoms with Gasteiger partial charge in [0.15, 0.2) is 0 Å². The van der Waals surface area contributed by atoms with Gasteiger partial charge >= 0.3 is 6.03 Å². The third-order valence-corrected chi connectivity index (χ3v) is 4.32. The number of methoxy groups -OCH3 is 1. The molecule has 1 N–H and O–H groups in total. The lowest BCUT2D eigenvalue weighted by molar-refractivity contribution is 0.140. The second kappa shape index (κ2) is 9.40. The number of urea groups is 1. The molecule has 1 aromatic rings. The highest BCUT2D eigenvalue weighted by Crippen LogP contribution is 2.13. The summed E-state index contributed by atoms with van der Waals surface area (Å²) >= 11 is 0. The van der Waals surface area contributed by atoms with Crippen LogP contribution < -0.4 is 10.1 Å². The first-order valence-electron chi connectivity index (χ1n) is 8.61. The van der Waals surface area contributed by atoms with E-state index in [1.165, 1.54) is 5.56 Å². The number of carbonyl (C=O) groups is 1. The summed E-state index contributed by atoms with van der Waals surface area (Å²) in [6.45, 7) is 7.47. The van der Waals surface area contributed by atoms with Crippen LogP contribution in [0.4, 0.5) is 4.79 Å². The Hall–Kier alpha value is -1.75. The lowest BCUT2D eigenvalue weighted by Gasteiger charge is -2.34. The summed E-state index contributed by atoms with van der Waals surface area (Å²) in [6.07, 6.45) is 3.17. The number of piperazine rings is 1. The number of nitrogens with one attached hydrogen (secondary N) is 1. The van der Waals surface area contributed by atoms with Gasteiger partial charge in [0.25, 0.3) is 0 Å². The Balaban J connectivity index is 1.69. The van der Waals surface area contributed by atoms with Gasteiger partial charge in [-0.3, -0.25) is 4.90 Å². The molecule has 0 aromatic heterocycles. The van der Waals surface area contributed by atoms with Crippen molar-refractivity contribution in [1.82, 2.24) is 15.1 Å². The molecule has 0 spiro atoms. The Kier molecular flexibility index (Phi) is 7.20. The highest BCUT2D eigenvalue weighted by molar-refractivity contribution is 5.74. The molecule has 0 saturated carbocycles. The van der Waals surface area contributed by atoms with Gasteiger partial charge in [0.1, 0.15) is 5.75 Å². The molecule has 2 amide bonds. The molecule has 1 fully saturated rings. The number of ether oxygens (including phenoxy) is 1. The summed E-state index contributed by atoms with van der Waals surface area (Å²) in [7, 11) is 1.70. The van der Waals surface area contributed by atoms with Gasteiger partial charge in [-0.05, 0) is 30.5 Å². The fourth-order valence-corrected chi connectivity index (χ4v) is 2.77. The zero-order valence-electron chi connectivity index (χ0n) is 14.4. The number of amides is 2. The van der Waals surface area contributed by atoms with Crippen molar-refractivity contribution in [2.45, 2.75) is 26.2 Å². The van der Waals surface area contributed by atoms with E-state index in [1.807, 2.05) is 17.0 Å². The van der Waals surface area contributed by atoms with Crippen LogP contribution in [0, 0.1) is 0 Å². The van der Waals surface area contributed by atoms with Gasteiger partial charge in [-0.2, -0.15) is 0 Å². The molecule has 1 aromatic carbocycles. The van der Waals surface area contributed by atoms with Gasteiger partial charge in [-0.1, -0.05) is 25.5 Å². The van der Waals surface area contributed by atoms with E-state index in [2.05, 4.69) is 29.3 Å². The molecule has 5 nitrogen and oxygen atoms in total. The third kappa shape index (κ3) is 5.75. The Bertz CT molecular complexity index is 485. The smallest absolute Gasteiger partial charge is 0.317 e. The fraction of sp³-hybridized carbons (Fsp3) is 0.611. The number of carbonyl (C=O) groups excluding carboxylic acids is 1. The minimum atomic E-state index is 0.0888. The van der Waals surface area contributed by atoms with Crippen LogP contribution in [0.2, 0.25) is 0 Å². The van der Waals surface area contributed by atoms with Crippen molar-refractivity contribution >= 4 is 6.03 Å². The predicted octanol–water partition coefficient (Wildman–Crippen LogP) is 2.37. The van der Waals surface area contributed by atoms with Crippen LogP contribution in [-0.4, -0.2) is 62.2 Å². The van der Waals surface area contributed by atoms with E-state index >= 15 is 0 Å². The maximum absolute atomic E-state index is 12.0. The van der Waals surface area contributed by atoms with E-state index in [1.54, 1.807) is 7.11 Å². The van der Waals surface area contributed by atoms with Crippen LogP contribution in [0.1, 0.15) is 25.3 Å². The van der Waals surface area contributed by atoms with Crippen molar-refractivity contribution in [2.24, 2.45) is 0 Å². The molecule has 0 atom stereocenters. The largest absolute Gasteiger partial charge is 0.497 e. The van der Waals surface area contributed by atoms with Crippen LogP contribution >= 0.6 is 0 Å². The molecule has 0 bridgehead atoms. The average molecular weight is 319 g/mol. The molecule has 128 valence electrons. The first-order valence-corrected chi connectivity index (χ1v) is 8.61. The van der Waals surface area contributed by atoms with E-state index in [9.17, 15) is 4.79 Å². The van der Waals surface area contributed by atoms with E-state index < -0.39 is 0 Å². The molecule has 0 unspecified atom stereocenters. The van der Waals surface area contributed by atoms with Gasteiger partial charge in [-0.25, -0.2) is 4.79 Å². The minimum Gasteiger partial charge on any atom is -0.497 e. The quantitative estimate of drug-likeness (QED) is 0.785. The van der Waals surface area contributed by atoms with E-state index in [0.29, 0.717) is 0 Å².